The molecule has 0 aromatic heterocycles. The molecule has 0 heterocycles. The van der Waals surface area contributed by atoms with Crippen molar-refractivity contribution in [3.8, 4) is 0 Å². The monoisotopic (exact) mass is 290 g/mol. The number of nitrogens with one attached hydrogen (secondary N) is 1. The van der Waals surface area contributed by atoms with Gasteiger partial charge in [0, 0.05) is 25.8 Å². The van der Waals surface area contributed by atoms with Crippen molar-refractivity contribution in [3.63, 3.8) is 0 Å². The Balaban J connectivity index is 2.08. The van der Waals surface area contributed by atoms with E-state index in [4.69, 9.17) is 0 Å². The lowest BCUT2D eigenvalue weighted by atomic mass is 10.0. The van der Waals surface area contributed by atoms with Crippen molar-refractivity contribution in [2.24, 2.45) is 0 Å². The number of rotatable bonds is 6. The molecular weight excluding hydrogens is 264 g/mol. The Bertz CT molecular complexity index is 481. The molecular formula is C17H26N2O2. The van der Waals surface area contributed by atoms with Gasteiger partial charge >= 0.3 is 0 Å². The Morgan fingerprint density at radius 2 is 2.00 bits per heavy atom. The van der Waals surface area contributed by atoms with Gasteiger partial charge in [0.25, 0.3) is 5.91 Å². The van der Waals surface area contributed by atoms with Crippen LogP contribution in [0.2, 0.25) is 0 Å². The number of hydrogen-bond donors (Lipinski definition) is 2. The molecule has 1 aromatic carbocycles. The molecule has 1 aliphatic carbocycles. The van der Waals surface area contributed by atoms with Gasteiger partial charge in [-0.1, -0.05) is 31.9 Å². The highest BCUT2D eigenvalue weighted by Gasteiger charge is 2.33. The second-order valence-corrected chi connectivity index (χ2v) is 6.07. The van der Waals surface area contributed by atoms with Crippen LogP contribution in [0.4, 0.5) is 5.69 Å². The third kappa shape index (κ3) is 3.97. The standard InChI is InChI=1S/C17H26N2O2/c1-3-12-18-15-9-5-4-8-14(15)16(20)19(2)13-17(21)10-6-7-11-17/h4-5,8-9,18,21H,3,6-7,10-13H2,1-2H3. The van der Waals surface area contributed by atoms with Crippen LogP contribution in [0, 0.1) is 0 Å². The van der Waals surface area contributed by atoms with Gasteiger partial charge in [-0.15, -0.1) is 0 Å². The first kappa shape index (κ1) is 15.8. The summed E-state index contributed by atoms with van der Waals surface area (Å²) in [7, 11) is 1.77. The van der Waals surface area contributed by atoms with E-state index < -0.39 is 5.60 Å². The molecule has 0 atom stereocenters. The third-order valence-electron chi connectivity index (χ3n) is 4.14. The van der Waals surface area contributed by atoms with Crippen LogP contribution < -0.4 is 5.32 Å². The minimum atomic E-state index is -0.698. The van der Waals surface area contributed by atoms with Gasteiger partial charge in [0.15, 0.2) is 0 Å². The lowest BCUT2D eigenvalue weighted by Gasteiger charge is -2.29. The number of carbonyl (C=O) groups excluding carboxylic acids is 1. The summed E-state index contributed by atoms with van der Waals surface area (Å²) in [5.41, 5.74) is 0.848. The van der Waals surface area contributed by atoms with E-state index in [1.165, 1.54) is 0 Å². The van der Waals surface area contributed by atoms with Crippen molar-refractivity contribution in [1.82, 2.24) is 4.90 Å². The SMILES string of the molecule is CCCNc1ccccc1C(=O)N(C)CC1(O)CCCC1. The van der Waals surface area contributed by atoms with Crippen LogP contribution in [0.15, 0.2) is 24.3 Å². The van der Waals surface area contributed by atoms with Gasteiger partial charge in [-0.3, -0.25) is 4.79 Å². The van der Waals surface area contributed by atoms with Crippen molar-refractivity contribution in [2.75, 3.05) is 25.5 Å². The van der Waals surface area contributed by atoms with Crippen molar-refractivity contribution < 1.29 is 9.90 Å². The summed E-state index contributed by atoms with van der Waals surface area (Å²) in [4.78, 5) is 14.3. The third-order valence-corrected chi connectivity index (χ3v) is 4.14. The lowest BCUT2D eigenvalue weighted by Crippen LogP contribution is -2.42. The molecule has 0 saturated heterocycles. The van der Waals surface area contributed by atoms with Gasteiger partial charge < -0.3 is 15.3 Å². The number of carbonyl (C=O) groups is 1. The summed E-state index contributed by atoms with van der Waals surface area (Å²) in [6, 6.07) is 7.58. The van der Waals surface area contributed by atoms with Crippen LogP contribution in [0.1, 0.15) is 49.4 Å². The summed E-state index contributed by atoms with van der Waals surface area (Å²) in [6.45, 7) is 3.35. The van der Waals surface area contributed by atoms with Crippen LogP contribution in [0.25, 0.3) is 0 Å². The molecule has 0 radical (unpaired) electrons. The molecule has 1 fully saturated rings. The summed E-state index contributed by atoms with van der Waals surface area (Å²) in [6.07, 6.45) is 4.69. The Hall–Kier alpha value is -1.55. The maximum atomic E-state index is 12.6. The van der Waals surface area contributed by atoms with Crippen molar-refractivity contribution in [2.45, 2.75) is 44.6 Å². The maximum absolute atomic E-state index is 12.6. The van der Waals surface area contributed by atoms with Crippen LogP contribution in [-0.4, -0.2) is 41.7 Å². The highest BCUT2D eigenvalue weighted by molar-refractivity contribution is 5.99. The highest BCUT2D eigenvalue weighted by atomic mass is 16.3. The minimum Gasteiger partial charge on any atom is -0.388 e. The average Bonchev–Trinajstić information content (AvgIpc) is 2.91. The fourth-order valence-corrected chi connectivity index (χ4v) is 2.99. The molecule has 116 valence electrons. The first-order valence-electron chi connectivity index (χ1n) is 7.86. The van der Waals surface area contributed by atoms with Gasteiger partial charge in [-0.25, -0.2) is 0 Å². The zero-order chi connectivity index (χ0) is 15.3. The Morgan fingerprint density at radius 1 is 1.33 bits per heavy atom. The molecule has 0 spiro atoms. The fraction of sp³-hybridized carbons (Fsp3) is 0.588. The molecule has 1 aliphatic rings. The molecule has 1 aromatic rings. The number of hydrogen-bond acceptors (Lipinski definition) is 3. The van der Waals surface area contributed by atoms with E-state index in [2.05, 4.69) is 12.2 Å². The van der Waals surface area contributed by atoms with Gasteiger partial charge in [-0.05, 0) is 31.4 Å². The maximum Gasteiger partial charge on any atom is 0.255 e. The van der Waals surface area contributed by atoms with Crippen molar-refractivity contribution in [1.29, 1.82) is 0 Å². The smallest absolute Gasteiger partial charge is 0.255 e. The second-order valence-electron chi connectivity index (χ2n) is 6.07. The van der Waals surface area contributed by atoms with Crippen LogP contribution in [0.3, 0.4) is 0 Å². The molecule has 2 N–H and O–H groups in total. The van der Waals surface area contributed by atoms with Crippen molar-refractivity contribution in [3.05, 3.63) is 29.8 Å². The molecule has 4 nitrogen and oxygen atoms in total. The van der Waals surface area contributed by atoms with E-state index in [1.807, 2.05) is 24.3 Å². The molecule has 21 heavy (non-hydrogen) atoms. The van der Waals surface area contributed by atoms with E-state index >= 15 is 0 Å². The molecule has 2 rings (SSSR count). The number of aliphatic hydroxyl groups is 1. The van der Waals surface area contributed by atoms with Gasteiger partial charge in [0.1, 0.15) is 0 Å². The minimum absolute atomic E-state index is 0.0328. The number of para-hydroxylation sites is 1. The summed E-state index contributed by atoms with van der Waals surface area (Å²) in [5, 5.41) is 13.8. The molecule has 4 heteroatoms. The molecule has 1 amide bonds. The van der Waals surface area contributed by atoms with E-state index in [-0.39, 0.29) is 5.91 Å². The zero-order valence-corrected chi connectivity index (χ0v) is 13.1. The van der Waals surface area contributed by atoms with Gasteiger partial charge in [0.05, 0.1) is 11.2 Å². The van der Waals surface area contributed by atoms with E-state index in [0.717, 1.165) is 44.3 Å². The van der Waals surface area contributed by atoms with E-state index in [9.17, 15) is 9.90 Å². The predicted octanol–water partition coefficient (Wildman–Crippen LogP) is 2.89. The lowest BCUT2D eigenvalue weighted by molar-refractivity contribution is 0.0157. The molecule has 0 aliphatic heterocycles. The summed E-state index contributed by atoms with van der Waals surface area (Å²) >= 11 is 0. The number of nitrogens with zero attached hydrogens (tertiary/aromatic N) is 1. The molecule has 0 bridgehead atoms. The number of amides is 1. The number of likely N-dealkylation sites (N-methyl/N-ethyl adjacent to an activating group) is 1. The Morgan fingerprint density at radius 3 is 2.67 bits per heavy atom. The first-order valence-corrected chi connectivity index (χ1v) is 7.86. The average molecular weight is 290 g/mol. The van der Waals surface area contributed by atoms with Crippen molar-refractivity contribution >= 4 is 11.6 Å². The highest BCUT2D eigenvalue weighted by Crippen LogP contribution is 2.30. The van der Waals surface area contributed by atoms with Crippen LogP contribution >= 0.6 is 0 Å². The fourth-order valence-electron chi connectivity index (χ4n) is 2.99. The largest absolute Gasteiger partial charge is 0.388 e. The van der Waals surface area contributed by atoms with E-state index in [0.29, 0.717) is 12.1 Å². The quantitative estimate of drug-likeness (QED) is 0.847. The predicted molar refractivity (Wildman–Crippen MR) is 85.6 cm³/mol. The van der Waals surface area contributed by atoms with Crippen LogP contribution in [0.5, 0.6) is 0 Å². The topological polar surface area (TPSA) is 52.6 Å². The first-order chi connectivity index (χ1) is 10.1. The van der Waals surface area contributed by atoms with Gasteiger partial charge in [-0.2, -0.15) is 0 Å². The number of benzene rings is 1. The number of anilines is 1. The van der Waals surface area contributed by atoms with Gasteiger partial charge in [0.2, 0.25) is 0 Å². The summed E-state index contributed by atoms with van der Waals surface area (Å²) in [5.74, 6) is -0.0328. The zero-order valence-electron chi connectivity index (χ0n) is 13.1. The Kier molecular flexibility index (Phi) is 5.23. The normalized spacial score (nSPS) is 16.7. The molecule has 0 unspecified atom stereocenters. The molecule has 1 saturated carbocycles. The van der Waals surface area contributed by atoms with Crippen LogP contribution in [-0.2, 0) is 0 Å². The second kappa shape index (κ2) is 6.94. The Labute approximate surface area is 127 Å². The summed E-state index contributed by atoms with van der Waals surface area (Å²) < 4.78 is 0. The van der Waals surface area contributed by atoms with E-state index in [1.54, 1.807) is 11.9 Å².